The lowest BCUT2D eigenvalue weighted by molar-refractivity contribution is -0.173. The molecule has 0 amide bonds. The summed E-state index contributed by atoms with van der Waals surface area (Å²) in [7, 11) is -3.96. The zero-order chi connectivity index (χ0) is 26.0. The van der Waals surface area contributed by atoms with Crippen LogP contribution in [-0.4, -0.2) is 53.7 Å². The average Bonchev–Trinajstić information content (AvgIpc) is 3.17. The van der Waals surface area contributed by atoms with E-state index in [2.05, 4.69) is 20.0 Å². The molecule has 0 radical (unpaired) electrons. The van der Waals surface area contributed by atoms with Crippen molar-refractivity contribution in [1.29, 1.82) is 0 Å². The minimum Gasteiger partial charge on any atom is -0.435 e. The van der Waals surface area contributed by atoms with E-state index in [0.29, 0.717) is 0 Å². The van der Waals surface area contributed by atoms with Gasteiger partial charge in [0.05, 0.1) is 10.6 Å². The molecule has 0 fully saturated rings. The molecular weight excluding hydrogens is 544 g/mol. The highest BCUT2D eigenvalue weighted by Crippen LogP contribution is 2.38. The molecule has 190 valence electrons. The number of rotatable bonds is 7. The van der Waals surface area contributed by atoms with E-state index in [9.17, 15) is 34.8 Å². The molecule has 0 spiro atoms. The van der Waals surface area contributed by atoms with E-state index in [1.807, 2.05) is 0 Å². The van der Waals surface area contributed by atoms with Crippen LogP contribution in [0, 0.1) is 0 Å². The number of alkyl halides is 6. The molecule has 0 atom stereocenters. The molecule has 0 saturated carbocycles. The molecule has 3 rings (SSSR count). The summed E-state index contributed by atoms with van der Waals surface area (Å²) in [5, 5.41) is 3.35. The Bertz CT molecular complexity index is 1350. The number of hydrogen-bond acceptors (Lipinski definition) is 9. The van der Waals surface area contributed by atoms with Crippen molar-refractivity contribution in [2.24, 2.45) is 5.16 Å². The second-order valence-electron chi connectivity index (χ2n) is 6.66. The van der Waals surface area contributed by atoms with E-state index < -0.39 is 28.1 Å². The maximum atomic E-state index is 12.8. The van der Waals surface area contributed by atoms with Gasteiger partial charge in [-0.3, -0.25) is 0 Å². The molecule has 0 bridgehead atoms. The predicted molar refractivity (Wildman–Crippen MR) is 119 cm³/mol. The largest absolute Gasteiger partial charge is 0.446 e. The van der Waals surface area contributed by atoms with Crippen LogP contribution in [0.25, 0.3) is 22.7 Å². The van der Waals surface area contributed by atoms with Gasteiger partial charge in [-0.25, -0.2) is 18.4 Å². The van der Waals surface area contributed by atoms with Crippen LogP contribution in [0.15, 0.2) is 49.8 Å². The van der Waals surface area contributed by atoms with E-state index >= 15 is 0 Å². The predicted octanol–water partition coefficient (Wildman–Crippen LogP) is 5.90. The van der Waals surface area contributed by atoms with Crippen LogP contribution in [0.2, 0.25) is 0 Å². The van der Waals surface area contributed by atoms with E-state index in [1.165, 1.54) is 25.3 Å². The number of nitrogens with zero attached hydrogens (tertiary/aromatic N) is 3. The van der Waals surface area contributed by atoms with E-state index in [-0.39, 0.29) is 60.6 Å². The maximum Gasteiger partial charge on any atom is 0.446 e. The zero-order valence-electron chi connectivity index (χ0n) is 17.8. The second-order valence-corrected chi connectivity index (χ2v) is 10.8. The SMILES string of the molecule is CCS(=O)(=O)c1cc(C(=NOCC(F)(F)F)SC)cnc1-c1nc2cc(SC(F)(F)F)ccc2o1. The van der Waals surface area contributed by atoms with Crippen LogP contribution in [-0.2, 0) is 14.7 Å². The monoisotopic (exact) mass is 559 g/mol. The van der Waals surface area contributed by atoms with Crippen LogP contribution < -0.4 is 0 Å². The van der Waals surface area contributed by atoms with Crippen LogP contribution >= 0.6 is 23.5 Å². The molecule has 2 heterocycles. The van der Waals surface area contributed by atoms with E-state index in [1.54, 1.807) is 0 Å². The molecule has 2 aromatic heterocycles. The Labute approximate surface area is 203 Å². The first-order valence-electron chi connectivity index (χ1n) is 9.43. The Kier molecular flexibility index (Phi) is 7.96. The standard InChI is InChI=1S/C19H15F6N3O4S3/c1-3-35(29,30)14-6-10(17(33-2)28-31-9-18(20,21)22)8-26-15(14)16-27-12-7-11(34-19(23,24)25)4-5-13(12)32-16/h4-8H,3,9H2,1-2H3. The van der Waals surface area contributed by atoms with Crippen LogP contribution in [0.4, 0.5) is 26.3 Å². The van der Waals surface area contributed by atoms with Gasteiger partial charge in [0.2, 0.25) is 12.5 Å². The fourth-order valence-electron chi connectivity index (χ4n) is 2.69. The van der Waals surface area contributed by atoms with Crippen LogP contribution in [0.3, 0.4) is 0 Å². The fraction of sp³-hybridized carbons (Fsp3) is 0.316. The van der Waals surface area contributed by atoms with Gasteiger partial charge in [-0.2, -0.15) is 26.3 Å². The first kappa shape index (κ1) is 27.1. The highest BCUT2D eigenvalue weighted by Gasteiger charge is 2.30. The first-order valence-corrected chi connectivity index (χ1v) is 13.1. The van der Waals surface area contributed by atoms with Crippen molar-refractivity contribution in [1.82, 2.24) is 9.97 Å². The van der Waals surface area contributed by atoms with Crippen molar-refractivity contribution in [3.63, 3.8) is 0 Å². The third-order valence-electron chi connectivity index (χ3n) is 4.18. The maximum absolute atomic E-state index is 12.8. The van der Waals surface area contributed by atoms with Crippen molar-refractivity contribution < 1.29 is 44.0 Å². The number of pyridine rings is 1. The van der Waals surface area contributed by atoms with Gasteiger partial charge in [-0.15, -0.1) is 11.8 Å². The van der Waals surface area contributed by atoms with Gasteiger partial charge in [0.15, 0.2) is 15.4 Å². The number of sulfone groups is 1. The molecular formula is C19H15F6N3O4S3. The van der Waals surface area contributed by atoms with Gasteiger partial charge in [0, 0.05) is 16.7 Å². The normalized spacial score (nSPS) is 13.4. The van der Waals surface area contributed by atoms with E-state index in [0.717, 1.165) is 30.1 Å². The Hall–Kier alpha value is -2.46. The molecule has 7 nitrogen and oxygen atoms in total. The summed E-state index contributed by atoms with van der Waals surface area (Å²) >= 11 is 0.558. The highest BCUT2D eigenvalue weighted by molar-refractivity contribution is 8.13. The van der Waals surface area contributed by atoms with Gasteiger partial charge < -0.3 is 9.25 Å². The zero-order valence-corrected chi connectivity index (χ0v) is 20.2. The Balaban J connectivity index is 2.07. The number of halogens is 6. The molecule has 3 aromatic rings. The van der Waals surface area contributed by atoms with Crippen molar-refractivity contribution in [2.75, 3.05) is 18.6 Å². The van der Waals surface area contributed by atoms with Gasteiger partial charge in [0.1, 0.15) is 16.3 Å². The van der Waals surface area contributed by atoms with Crippen LogP contribution in [0.5, 0.6) is 0 Å². The number of thioether (sulfide) groups is 2. The van der Waals surface area contributed by atoms with Crippen molar-refractivity contribution in [3.05, 3.63) is 36.0 Å². The molecule has 0 N–H and O–H groups in total. The summed E-state index contributed by atoms with van der Waals surface area (Å²) in [4.78, 5) is 12.0. The molecule has 16 heteroatoms. The molecule has 0 aliphatic carbocycles. The smallest absolute Gasteiger partial charge is 0.435 e. The summed E-state index contributed by atoms with van der Waals surface area (Å²) in [6, 6.07) is 4.73. The van der Waals surface area contributed by atoms with Gasteiger partial charge in [0.25, 0.3) is 0 Å². The van der Waals surface area contributed by atoms with Gasteiger partial charge >= 0.3 is 11.7 Å². The molecule has 35 heavy (non-hydrogen) atoms. The minimum absolute atomic E-state index is 0.0480. The fourth-order valence-corrected chi connectivity index (χ4v) is 4.79. The molecule has 0 aliphatic rings. The molecule has 1 aromatic carbocycles. The lowest BCUT2D eigenvalue weighted by atomic mass is 10.2. The minimum atomic E-state index is -4.61. The quantitative estimate of drug-likeness (QED) is 0.116. The van der Waals surface area contributed by atoms with Crippen molar-refractivity contribution in [2.45, 2.75) is 28.4 Å². The van der Waals surface area contributed by atoms with Crippen molar-refractivity contribution in [3.8, 4) is 11.6 Å². The Morgan fingerprint density at radius 2 is 1.89 bits per heavy atom. The summed E-state index contributed by atoms with van der Waals surface area (Å²) in [6.07, 6.45) is -1.97. The molecule has 0 aliphatic heterocycles. The molecule has 0 saturated heterocycles. The second kappa shape index (κ2) is 10.3. The van der Waals surface area contributed by atoms with Crippen molar-refractivity contribution >= 4 is 49.5 Å². The van der Waals surface area contributed by atoms with E-state index in [4.69, 9.17) is 4.42 Å². The Morgan fingerprint density at radius 1 is 1.17 bits per heavy atom. The number of aromatic nitrogens is 2. The highest BCUT2D eigenvalue weighted by atomic mass is 32.2. The summed E-state index contributed by atoms with van der Waals surface area (Å²) in [5.74, 6) is -0.614. The number of oxazole rings is 1. The summed E-state index contributed by atoms with van der Waals surface area (Å²) in [6.45, 7) is -0.269. The summed E-state index contributed by atoms with van der Waals surface area (Å²) in [5.41, 5.74) is -4.51. The first-order chi connectivity index (χ1) is 16.2. The Morgan fingerprint density at radius 3 is 2.49 bits per heavy atom. The number of oxime groups is 1. The number of benzene rings is 1. The average molecular weight is 560 g/mol. The number of hydrogen-bond donors (Lipinski definition) is 0. The van der Waals surface area contributed by atoms with Gasteiger partial charge in [-0.05, 0) is 42.3 Å². The van der Waals surface area contributed by atoms with Crippen LogP contribution in [0.1, 0.15) is 12.5 Å². The lowest BCUT2D eigenvalue weighted by Gasteiger charge is -2.10. The third-order valence-corrected chi connectivity index (χ3v) is 7.34. The summed E-state index contributed by atoms with van der Waals surface area (Å²) < 4.78 is 106. The molecule has 0 unspecified atom stereocenters. The number of fused-ring (bicyclic) bond motifs is 1. The van der Waals surface area contributed by atoms with Gasteiger partial charge in [-0.1, -0.05) is 12.1 Å². The third kappa shape index (κ3) is 7.04. The lowest BCUT2D eigenvalue weighted by Crippen LogP contribution is -2.15. The topological polar surface area (TPSA) is 94.7 Å².